The zero-order chi connectivity index (χ0) is 15.7. The topological polar surface area (TPSA) is 57.6 Å². The van der Waals surface area contributed by atoms with Crippen molar-refractivity contribution >= 4 is 29.2 Å². The van der Waals surface area contributed by atoms with E-state index in [9.17, 15) is 14.7 Å². The van der Waals surface area contributed by atoms with Gasteiger partial charge in [-0.2, -0.15) is 0 Å². The fourth-order valence-electron chi connectivity index (χ4n) is 2.92. The monoisotopic (exact) mass is 315 g/mol. The average molecular weight is 316 g/mol. The predicted octanol–water partition coefficient (Wildman–Crippen LogP) is 3.31. The van der Waals surface area contributed by atoms with E-state index >= 15 is 0 Å². The van der Waals surface area contributed by atoms with Gasteiger partial charge in [0.1, 0.15) is 6.04 Å². The van der Waals surface area contributed by atoms with Gasteiger partial charge in [0, 0.05) is 23.0 Å². The third kappa shape index (κ3) is 2.57. The Morgan fingerprint density at radius 2 is 1.73 bits per heavy atom. The maximum atomic E-state index is 12.4. The molecule has 0 radical (unpaired) electrons. The molecule has 3 rings (SSSR count). The van der Waals surface area contributed by atoms with Crippen molar-refractivity contribution in [2.75, 3.05) is 4.90 Å². The summed E-state index contributed by atoms with van der Waals surface area (Å²) in [6.45, 7) is 0. The molecule has 2 aromatic rings. The van der Waals surface area contributed by atoms with Crippen molar-refractivity contribution in [3.05, 3.63) is 65.2 Å². The maximum absolute atomic E-state index is 12.4. The number of hydrogen-bond acceptors (Lipinski definition) is 2. The van der Waals surface area contributed by atoms with Crippen LogP contribution in [0.1, 0.15) is 17.9 Å². The third-order valence-electron chi connectivity index (χ3n) is 3.91. The Hall–Kier alpha value is -2.33. The number of nitrogens with zero attached hydrogens (tertiary/aromatic N) is 1. The smallest absolute Gasteiger partial charge is 0.327 e. The molecule has 0 spiro atoms. The minimum absolute atomic E-state index is 0.184. The molecule has 1 aliphatic heterocycles. The number of anilines is 1. The Bertz CT molecular complexity index is 700. The number of rotatable bonds is 3. The summed E-state index contributed by atoms with van der Waals surface area (Å²) in [5.74, 6) is -1.56. The van der Waals surface area contributed by atoms with Gasteiger partial charge in [0.05, 0.1) is 0 Å². The van der Waals surface area contributed by atoms with E-state index in [1.54, 1.807) is 24.3 Å². The molecule has 1 amide bonds. The van der Waals surface area contributed by atoms with Crippen LogP contribution in [0.2, 0.25) is 5.02 Å². The van der Waals surface area contributed by atoms with Gasteiger partial charge in [0.2, 0.25) is 5.91 Å². The van der Waals surface area contributed by atoms with Crippen LogP contribution in [0, 0.1) is 0 Å². The fraction of sp³-hybridized carbons (Fsp3) is 0.176. The second kappa shape index (κ2) is 5.81. The minimum atomic E-state index is -1.00. The van der Waals surface area contributed by atoms with Gasteiger partial charge in [0.15, 0.2) is 0 Å². The molecule has 112 valence electrons. The van der Waals surface area contributed by atoms with Crippen LogP contribution in [0.4, 0.5) is 5.69 Å². The molecule has 0 saturated carbocycles. The van der Waals surface area contributed by atoms with Crippen LogP contribution < -0.4 is 4.90 Å². The Morgan fingerprint density at radius 3 is 2.32 bits per heavy atom. The lowest BCUT2D eigenvalue weighted by molar-refractivity contribution is -0.139. The number of benzene rings is 2. The first-order chi connectivity index (χ1) is 10.6. The standard InChI is InChI=1S/C17H14ClNO3/c18-12-6-8-13(9-7-12)19-15(20)10-14(16(19)17(21)22)11-4-2-1-3-5-11/h1-9,14,16H,10H2,(H,21,22). The summed E-state index contributed by atoms with van der Waals surface area (Å²) in [6, 6.07) is 15.0. The van der Waals surface area contributed by atoms with Gasteiger partial charge >= 0.3 is 5.97 Å². The number of carbonyl (C=O) groups is 2. The Balaban J connectivity index is 2.01. The minimum Gasteiger partial charge on any atom is -0.480 e. The van der Waals surface area contributed by atoms with Gasteiger partial charge in [0.25, 0.3) is 0 Å². The number of carboxylic acids is 1. The van der Waals surface area contributed by atoms with Crippen molar-refractivity contribution in [3.8, 4) is 0 Å². The SMILES string of the molecule is O=C(O)C1C(c2ccccc2)CC(=O)N1c1ccc(Cl)cc1. The van der Waals surface area contributed by atoms with Crippen molar-refractivity contribution in [2.45, 2.75) is 18.4 Å². The molecule has 1 aliphatic rings. The molecule has 0 bridgehead atoms. The highest BCUT2D eigenvalue weighted by Crippen LogP contribution is 2.37. The molecule has 5 heteroatoms. The number of carbonyl (C=O) groups excluding carboxylic acids is 1. The van der Waals surface area contributed by atoms with Gasteiger partial charge in [-0.25, -0.2) is 4.79 Å². The summed E-state index contributed by atoms with van der Waals surface area (Å²) in [5.41, 5.74) is 1.42. The van der Waals surface area contributed by atoms with Gasteiger partial charge in [-0.05, 0) is 29.8 Å². The van der Waals surface area contributed by atoms with Crippen molar-refractivity contribution in [1.29, 1.82) is 0 Å². The van der Waals surface area contributed by atoms with Crippen LogP contribution >= 0.6 is 11.6 Å². The highest BCUT2D eigenvalue weighted by Gasteiger charge is 2.45. The van der Waals surface area contributed by atoms with E-state index in [2.05, 4.69) is 0 Å². The molecule has 22 heavy (non-hydrogen) atoms. The third-order valence-corrected chi connectivity index (χ3v) is 4.16. The van der Waals surface area contributed by atoms with Crippen molar-refractivity contribution in [1.82, 2.24) is 0 Å². The lowest BCUT2D eigenvalue weighted by Gasteiger charge is -2.25. The normalized spacial score (nSPS) is 21.1. The second-order valence-corrected chi connectivity index (χ2v) is 5.68. The van der Waals surface area contributed by atoms with Crippen LogP contribution in [0.25, 0.3) is 0 Å². The van der Waals surface area contributed by atoms with E-state index in [4.69, 9.17) is 11.6 Å². The van der Waals surface area contributed by atoms with E-state index in [1.807, 2.05) is 30.3 Å². The van der Waals surface area contributed by atoms with Crippen LogP contribution in [0.5, 0.6) is 0 Å². The molecule has 1 heterocycles. The number of hydrogen-bond donors (Lipinski definition) is 1. The number of amides is 1. The molecule has 0 aliphatic carbocycles. The lowest BCUT2D eigenvalue weighted by atomic mass is 9.91. The summed E-state index contributed by atoms with van der Waals surface area (Å²) in [6.07, 6.45) is 0.184. The quantitative estimate of drug-likeness (QED) is 0.945. The molecule has 1 fully saturated rings. The van der Waals surface area contributed by atoms with Crippen molar-refractivity contribution < 1.29 is 14.7 Å². The molecular formula is C17H14ClNO3. The Kier molecular flexibility index (Phi) is 3.86. The lowest BCUT2D eigenvalue weighted by Crippen LogP contribution is -2.40. The first-order valence-corrected chi connectivity index (χ1v) is 7.31. The van der Waals surface area contributed by atoms with E-state index < -0.39 is 12.0 Å². The fourth-order valence-corrected chi connectivity index (χ4v) is 3.05. The summed E-state index contributed by atoms with van der Waals surface area (Å²) in [5, 5.41) is 10.2. The summed E-state index contributed by atoms with van der Waals surface area (Å²) in [4.78, 5) is 25.5. The van der Waals surface area contributed by atoms with Crippen LogP contribution in [0.15, 0.2) is 54.6 Å². The summed E-state index contributed by atoms with van der Waals surface area (Å²) >= 11 is 5.86. The van der Waals surface area contributed by atoms with E-state index in [-0.39, 0.29) is 18.2 Å². The van der Waals surface area contributed by atoms with Gasteiger partial charge in [-0.1, -0.05) is 41.9 Å². The number of halogens is 1. The second-order valence-electron chi connectivity index (χ2n) is 5.24. The summed E-state index contributed by atoms with van der Waals surface area (Å²) in [7, 11) is 0. The molecule has 2 aromatic carbocycles. The van der Waals surface area contributed by atoms with Crippen LogP contribution in [-0.2, 0) is 9.59 Å². The zero-order valence-corrected chi connectivity index (χ0v) is 12.4. The zero-order valence-electron chi connectivity index (χ0n) is 11.6. The summed E-state index contributed by atoms with van der Waals surface area (Å²) < 4.78 is 0. The molecule has 0 aromatic heterocycles. The Morgan fingerprint density at radius 1 is 1.09 bits per heavy atom. The first-order valence-electron chi connectivity index (χ1n) is 6.93. The Labute approximate surface area is 132 Å². The largest absolute Gasteiger partial charge is 0.480 e. The molecular weight excluding hydrogens is 302 g/mol. The highest BCUT2D eigenvalue weighted by molar-refractivity contribution is 6.30. The number of aliphatic carboxylic acids is 1. The van der Waals surface area contributed by atoms with E-state index in [1.165, 1.54) is 4.90 Å². The maximum Gasteiger partial charge on any atom is 0.327 e. The molecule has 1 saturated heterocycles. The average Bonchev–Trinajstić information content (AvgIpc) is 2.87. The molecule has 2 atom stereocenters. The van der Waals surface area contributed by atoms with E-state index in [0.717, 1.165) is 5.56 Å². The number of carboxylic acid groups (broad SMARTS) is 1. The predicted molar refractivity (Wildman–Crippen MR) is 84.2 cm³/mol. The highest BCUT2D eigenvalue weighted by atomic mass is 35.5. The van der Waals surface area contributed by atoms with E-state index in [0.29, 0.717) is 10.7 Å². The van der Waals surface area contributed by atoms with Crippen molar-refractivity contribution in [3.63, 3.8) is 0 Å². The molecule has 4 nitrogen and oxygen atoms in total. The molecule has 2 unspecified atom stereocenters. The van der Waals surface area contributed by atoms with Gasteiger partial charge < -0.3 is 5.11 Å². The van der Waals surface area contributed by atoms with Crippen LogP contribution in [-0.4, -0.2) is 23.0 Å². The van der Waals surface area contributed by atoms with Gasteiger partial charge in [-0.15, -0.1) is 0 Å². The van der Waals surface area contributed by atoms with Crippen LogP contribution in [0.3, 0.4) is 0 Å². The molecule has 1 N–H and O–H groups in total. The van der Waals surface area contributed by atoms with Crippen molar-refractivity contribution in [2.24, 2.45) is 0 Å². The van der Waals surface area contributed by atoms with Gasteiger partial charge in [-0.3, -0.25) is 9.69 Å². The first kappa shape index (κ1) is 14.6.